The molecule has 0 radical (unpaired) electrons. The average molecular weight is 471 g/mol. The van der Waals surface area contributed by atoms with E-state index < -0.39 is 6.04 Å². The zero-order chi connectivity index (χ0) is 24.4. The van der Waals surface area contributed by atoms with Crippen LogP contribution in [0, 0.1) is 5.92 Å². The van der Waals surface area contributed by atoms with Crippen molar-refractivity contribution >= 4 is 17.5 Å². The lowest BCUT2D eigenvalue weighted by Crippen LogP contribution is -2.47. The van der Waals surface area contributed by atoms with E-state index in [1.165, 1.54) is 6.42 Å². The van der Waals surface area contributed by atoms with Crippen LogP contribution in [0.4, 0.5) is 5.69 Å². The SMILES string of the molecule is CC(C)c1nccn1Cc1cccc(NC(=O)C2CC3CCCCC3N2C(=O)c2ccccc2)c1. The van der Waals surface area contributed by atoms with Crippen molar-refractivity contribution < 1.29 is 9.59 Å². The van der Waals surface area contributed by atoms with E-state index in [1.54, 1.807) is 0 Å². The quantitative estimate of drug-likeness (QED) is 0.520. The molecule has 0 bridgehead atoms. The minimum Gasteiger partial charge on any atom is -0.330 e. The van der Waals surface area contributed by atoms with E-state index in [1.807, 2.05) is 65.8 Å². The molecule has 1 N–H and O–H groups in total. The Labute approximate surface area is 207 Å². The lowest BCUT2D eigenvalue weighted by Gasteiger charge is -2.33. The average Bonchev–Trinajstić information content (AvgIpc) is 3.49. The Balaban J connectivity index is 1.35. The Bertz CT molecular complexity index is 1190. The van der Waals surface area contributed by atoms with E-state index in [4.69, 9.17) is 0 Å². The van der Waals surface area contributed by atoms with Gasteiger partial charge in [0.1, 0.15) is 11.9 Å². The first-order valence-corrected chi connectivity index (χ1v) is 12.8. The number of nitrogens with one attached hydrogen (secondary N) is 1. The molecule has 2 fully saturated rings. The highest BCUT2D eigenvalue weighted by Gasteiger charge is 2.47. The van der Waals surface area contributed by atoms with Crippen molar-refractivity contribution in [1.82, 2.24) is 14.5 Å². The van der Waals surface area contributed by atoms with Crippen molar-refractivity contribution in [3.05, 3.63) is 83.9 Å². The van der Waals surface area contributed by atoms with Crippen molar-refractivity contribution in [2.24, 2.45) is 5.92 Å². The smallest absolute Gasteiger partial charge is 0.254 e. The number of fused-ring (bicyclic) bond motifs is 1. The Hall–Kier alpha value is -3.41. The Morgan fingerprint density at radius 3 is 2.66 bits per heavy atom. The largest absolute Gasteiger partial charge is 0.330 e. The van der Waals surface area contributed by atoms with E-state index in [0.717, 1.165) is 42.8 Å². The summed E-state index contributed by atoms with van der Waals surface area (Å²) in [7, 11) is 0. The second kappa shape index (κ2) is 10.1. The molecular weight excluding hydrogens is 436 g/mol. The van der Waals surface area contributed by atoms with Gasteiger partial charge in [-0.25, -0.2) is 4.98 Å². The highest BCUT2D eigenvalue weighted by Crippen LogP contribution is 2.41. The molecule has 1 aliphatic carbocycles. The van der Waals surface area contributed by atoms with Crippen LogP contribution in [0.25, 0.3) is 0 Å². The van der Waals surface area contributed by atoms with Crippen molar-refractivity contribution in [1.29, 1.82) is 0 Å². The fraction of sp³-hybridized carbons (Fsp3) is 0.414. The molecule has 35 heavy (non-hydrogen) atoms. The highest BCUT2D eigenvalue weighted by molar-refractivity contribution is 6.01. The molecule has 1 saturated heterocycles. The minimum absolute atomic E-state index is 0.0322. The number of benzene rings is 2. The summed E-state index contributed by atoms with van der Waals surface area (Å²) < 4.78 is 2.15. The standard InChI is InChI=1S/C29H34N4O2/c1-20(2)27-30-15-16-32(27)19-21-9-8-13-24(17-21)31-28(34)26-18-23-12-6-7-14-25(23)33(26)29(35)22-10-4-3-5-11-22/h3-5,8-11,13,15-17,20,23,25-26H,6-7,12,14,18-19H2,1-2H3,(H,31,34). The maximum Gasteiger partial charge on any atom is 0.254 e. The van der Waals surface area contributed by atoms with Gasteiger partial charge in [0.15, 0.2) is 0 Å². The van der Waals surface area contributed by atoms with Crippen LogP contribution in [0.2, 0.25) is 0 Å². The molecule has 6 nitrogen and oxygen atoms in total. The molecule has 2 aromatic carbocycles. The fourth-order valence-electron chi connectivity index (χ4n) is 5.84. The number of amides is 2. The first-order valence-electron chi connectivity index (χ1n) is 12.8. The third-order valence-corrected chi connectivity index (χ3v) is 7.46. The van der Waals surface area contributed by atoms with Gasteiger partial charge in [-0.05, 0) is 55.0 Å². The second-order valence-electron chi connectivity index (χ2n) is 10.2. The Kier molecular flexibility index (Phi) is 6.71. The summed E-state index contributed by atoms with van der Waals surface area (Å²) in [4.78, 5) is 33.4. The van der Waals surface area contributed by atoms with Gasteiger partial charge in [0.2, 0.25) is 5.91 Å². The van der Waals surface area contributed by atoms with Crippen LogP contribution in [0.1, 0.15) is 73.6 Å². The number of rotatable bonds is 6. The van der Waals surface area contributed by atoms with E-state index in [-0.39, 0.29) is 17.9 Å². The number of carbonyl (C=O) groups is 2. The predicted molar refractivity (Wildman–Crippen MR) is 137 cm³/mol. The van der Waals surface area contributed by atoms with E-state index in [2.05, 4.69) is 34.8 Å². The number of likely N-dealkylation sites (tertiary alicyclic amines) is 1. The van der Waals surface area contributed by atoms with Crippen LogP contribution < -0.4 is 5.32 Å². The third-order valence-electron chi connectivity index (χ3n) is 7.46. The Morgan fingerprint density at radius 1 is 1.06 bits per heavy atom. The normalized spacial score (nSPS) is 21.7. The van der Waals surface area contributed by atoms with Crippen LogP contribution in [-0.4, -0.2) is 38.3 Å². The summed E-state index contributed by atoms with van der Waals surface area (Å²) in [5.41, 5.74) is 2.51. The number of anilines is 1. The molecule has 1 aliphatic heterocycles. The molecule has 0 spiro atoms. The van der Waals surface area contributed by atoms with Crippen molar-refractivity contribution in [2.45, 2.75) is 70.5 Å². The second-order valence-corrected chi connectivity index (χ2v) is 10.2. The van der Waals surface area contributed by atoms with Gasteiger partial charge in [-0.2, -0.15) is 0 Å². The molecule has 6 heteroatoms. The summed E-state index contributed by atoms with van der Waals surface area (Å²) in [6.45, 7) is 4.97. The molecule has 2 heterocycles. The van der Waals surface area contributed by atoms with E-state index in [9.17, 15) is 9.59 Å². The predicted octanol–water partition coefficient (Wildman–Crippen LogP) is 5.47. The molecule has 2 aliphatic rings. The van der Waals surface area contributed by atoms with Gasteiger partial charge in [0.25, 0.3) is 5.91 Å². The van der Waals surface area contributed by atoms with E-state index in [0.29, 0.717) is 23.9 Å². The molecule has 1 saturated carbocycles. The molecule has 5 rings (SSSR count). The van der Waals surface area contributed by atoms with Crippen molar-refractivity contribution in [2.75, 3.05) is 5.32 Å². The van der Waals surface area contributed by atoms with Crippen LogP contribution in [0.3, 0.4) is 0 Å². The summed E-state index contributed by atoms with van der Waals surface area (Å²) in [5.74, 6) is 1.66. The molecule has 3 unspecified atom stereocenters. The topological polar surface area (TPSA) is 67.2 Å². The summed E-state index contributed by atoms with van der Waals surface area (Å²) >= 11 is 0. The number of carbonyl (C=O) groups excluding carboxylic acids is 2. The van der Waals surface area contributed by atoms with Gasteiger partial charge < -0.3 is 14.8 Å². The van der Waals surface area contributed by atoms with Gasteiger partial charge in [-0.1, -0.05) is 57.0 Å². The number of hydrogen-bond acceptors (Lipinski definition) is 3. The first kappa shape index (κ1) is 23.3. The fourth-order valence-corrected chi connectivity index (χ4v) is 5.84. The van der Waals surface area contributed by atoms with Gasteiger partial charge in [-0.3, -0.25) is 9.59 Å². The summed E-state index contributed by atoms with van der Waals surface area (Å²) in [6.07, 6.45) is 8.92. The number of aromatic nitrogens is 2. The van der Waals surface area contributed by atoms with Gasteiger partial charge in [0, 0.05) is 42.1 Å². The maximum absolute atomic E-state index is 13.6. The van der Waals surface area contributed by atoms with Crippen LogP contribution in [0.15, 0.2) is 67.0 Å². The maximum atomic E-state index is 13.6. The van der Waals surface area contributed by atoms with Gasteiger partial charge in [-0.15, -0.1) is 0 Å². The zero-order valence-corrected chi connectivity index (χ0v) is 20.6. The summed E-state index contributed by atoms with van der Waals surface area (Å²) in [5, 5.41) is 3.13. The van der Waals surface area contributed by atoms with Gasteiger partial charge >= 0.3 is 0 Å². The third kappa shape index (κ3) is 4.88. The van der Waals surface area contributed by atoms with E-state index >= 15 is 0 Å². The van der Waals surface area contributed by atoms with Gasteiger partial charge in [0.05, 0.1) is 0 Å². The zero-order valence-electron chi connectivity index (χ0n) is 20.6. The molecule has 1 aromatic heterocycles. The van der Waals surface area contributed by atoms with Crippen LogP contribution in [0.5, 0.6) is 0 Å². The number of imidazole rings is 1. The number of hydrogen-bond donors (Lipinski definition) is 1. The van der Waals surface area contributed by atoms with Crippen molar-refractivity contribution in [3.8, 4) is 0 Å². The molecule has 182 valence electrons. The van der Waals surface area contributed by atoms with Crippen molar-refractivity contribution in [3.63, 3.8) is 0 Å². The summed E-state index contributed by atoms with van der Waals surface area (Å²) in [6, 6.07) is 17.0. The Morgan fingerprint density at radius 2 is 1.86 bits per heavy atom. The lowest BCUT2D eigenvalue weighted by molar-refractivity contribution is -0.120. The lowest BCUT2D eigenvalue weighted by atomic mass is 9.84. The monoisotopic (exact) mass is 470 g/mol. The number of nitrogens with zero attached hydrogens (tertiary/aromatic N) is 3. The molecular formula is C29H34N4O2. The molecule has 3 aromatic rings. The minimum atomic E-state index is -0.444. The molecule has 2 amide bonds. The highest BCUT2D eigenvalue weighted by atomic mass is 16.2. The van der Waals surface area contributed by atoms with Crippen LogP contribution >= 0.6 is 0 Å². The first-order chi connectivity index (χ1) is 17.0. The molecule has 3 atom stereocenters. The van der Waals surface area contributed by atoms with Crippen LogP contribution in [-0.2, 0) is 11.3 Å².